The second-order valence-corrected chi connectivity index (χ2v) is 4.34. The van der Waals surface area contributed by atoms with E-state index in [-0.39, 0.29) is 12.4 Å². The van der Waals surface area contributed by atoms with Crippen LogP contribution in [0.25, 0.3) is 0 Å². The van der Waals surface area contributed by atoms with Gasteiger partial charge in [-0.1, -0.05) is 36.4 Å². The Morgan fingerprint density at radius 1 is 1.13 bits per heavy atom. The van der Waals surface area contributed by atoms with Crippen molar-refractivity contribution in [3.8, 4) is 0 Å². The first kappa shape index (κ1) is 16.6. The van der Waals surface area contributed by atoms with E-state index in [1.807, 2.05) is 6.92 Å². The van der Waals surface area contributed by atoms with E-state index >= 15 is 0 Å². The number of halogens is 1. The van der Waals surface area contributed by atoms with E-state index in [0.717, 1.165) is 11.0 Å². The van der Waals surface area contributed by atoms with Crippen molar-refractivity contribution in [3.05, 3.63) is 48.6 Å². The highest BCUT2D eigenvalue weighted by Gasteiger charge is 2.06. The summed E-state index contributed by atoms with van der Waals surface area (Å²) < 4.78 is 0.990. The second kappa shape index (κ2) is 8.51. The summed E-state index contributed by atoms with van der Waals surface area (Å²) in [5.41, 5.74) is 1.40. The largest absolute Gasteiger partial charge is 1.00 e. The zero-order valence-electron chi connectivity index (χ0n) is 10.2. The molecule has 0 N–H and O–H groups in total. The van der Waals surface area contributed by atoms with E-state index in [4.69, 9.17) is 0 Å². The molecule has 0 fully saturated rings. The van der Waals surface area contributed by atoms with Crippen LogP contribution in [0.4, 0.5) is 0 Å². The lowest BCUT2D eigenvalue weighted by Crippen LogP contribution is -3.00. The Labute approximate surface area is 100 Å². The number of quaternary nitrogens is 1. The highest BCUT2D eigenvalue weighted by Crippen LogP contribution is 2.04. The molecule has 0 unspecified atom stereocenters. The summed E-state index contributed by atoms with van der Waals surface area (Å²) in [5, 5.41) is 0. The van der Waals surface area contributed by atoms with Gasteiger partial charge in [0, 0.05) is 5.56 Å². The molecule has 1 nitrogen and oxygen atoms in total. The van der Waals surface area contributed by atoms with Gasteiger partial charge in [-0.25, -0.2) is 0 Å². The maximum atomic E-state index is 3.36. The summed E-state index contributed by atoms with van der Waals surface area (Å²) in [7, 11) is 6.60. The van der Waals surface area contributed by atoms with Crippen LogP contribution in [-0.2, 0) is 6.54 Å². The lowest BCUT2D eigenvalue weighted by molar-refractivity contribution is -0.884. The van der Waals surface area contributed by atoms with Crippen molar-refractivity contribution in [2.24, 2.45) is 0 Å². The highest BCUT2D eigenvalue weighted by molar-refractivity contribution is 5.13. The monoisotopic (exact) mass is 227 g/mol. The molecular weight excluding hydrogens is 206 g/mol. The van der Waals surface area contributed by atoms with E-state index in [1.54, 1.807) is 6.08 Å². The number of benzene rings is 1. The van der Waals surface area contributed by atoms with Crippen molar-refractivity contribution in [3.63, 3.8) is 0 Å². The quantitative estimate of drug-likeness (QED) is 0.496. The van der Waals surface area contributed by atoms with Crippen LogP contribution in [0.5, 0.6) is 0 Å². The summed E-state index contributed by atoms with van der Waals surface area (Å²) in [6, 6.07) is 10.6. The van der Waals surface area contributed by atoms with Gasteiger partial charge in [0.15, 0.2) is 0 Å². The zero-order chi connectivity index (χ0) is 11.0. The highest BCUT2D eigenvalue weighted by atomic mass is 35.5. The normalized spacial score (nSPS) is 9.33. The minimum Gasteiger partial charge on any atom is -1.00 e. The fourth-order valence-electron chi connectivity index (χ4n) is 1.13. The standard InChI is InChI=1S/C10H16N.C3H6.ClH/c1-11(2,3)9-10-7-5-4-6-8-10;1-3-2;/h4-8H,9H2,1-3H3;3H,1H2,2H3;1H/q+1;;/p-1. The third kappa shape index (κ3) is 11.1. The van der Waals surface area contributed by atoms with Gasteiger partial charge in [-0.15, -0.1) is 6.58 Å². The van der Waals surface area contributed by atoms with Crippen LogP contribution in [-0.4, -0.2) is 25.6 Å². The molecule has 0 saturated heterocycles. The topological polar surface area (TPSA) is 0 Å². The molecule has 2 heteroatoms. The molecule has 0 radical (unpaired) electrons. The second-order valence-electron chi connectivity index (χ2n) is 4.34. The number of hydrogen-bond acceptors (Lipinski definition) is 0. The smallest absolute Gasteiger partial charge is 0.104 e. The van der Waals surface area contributed by atoms with E-state index in [2.05, 4.69) is 58.1 Å². The number of nitrogens with zero attached hydrogens (tertiary/aromatic N) is 1. The van der Waals surface area contributed by atoms with Crippen molar-refractivity contribution >= 4 is 0 Å². The molecule has 0 aliphatic rings. The summed E-state index contributed by atoms with van der Waals surface area (Å²) in [4.78, 5) is 0. The Hall–Kier alpha value is -0.790. The molecule has 15 heavy (non-hydrogen) atoms. The fraction of sp³-hybridized carbons (Fsp3) is 0.385. The zero-order valence-corrected chi connectivity index (χ0v) is 11.0. The molecule has 0 aromatic heterocycles. The number of hydrogen-bond donors (Lipinski definition) is 0. The van der Waals surface area contributed by atoms with E-state index in [9.17, 15) is 0 Å². The Bertz CT molecular complexity index is 249. The van der Waals surface area contributed by atoms with Crippen molar-refractivity contribution in [1.29, 1.82) is 0 Å². The lowest BCUT2D eigenvalue weighted by Gasteiger charge is -2.23. The Balaban J connectivity index is 0. The van der Waals surface area contributed by atoms with Gasteiger partial charge in [-0.3, -0.25) is 0 Å². The minimum atomic E-state index is 0. The van der Waals surface area contributed by atoms with Crippen molar-refractivity contribution < 1.29 is 16.9 Å². The first-order valence-electron chi connectivity index (χ1n) is 4.91. The third-order valence-corrected chi connectivity index (χ3v) is 1.50. The summed E-state index contributed by atoms with van der Waals surface area (Å²) in [6.07, 6.45) is 1.75. The van der Waals surface area contributed by atoms with Crippen LogP contribution in [0.15, 0.2) is 43.0 Å². The number of allylic oxidation sites excluding steroid dienone is 1. The van der Waals surface area contributed by atoms with Crippen LogP contribution < -0.4 is 12.4 Å². The Morgan fingerprint density at radius 3 is 1.87 bits per heavy atom. The van der Waals surface area contributed by atoms with Crippen molar-refractivity contribution in [2.75, 3.05) is 21.1 Å². The molecule has 0 heterocycles. The molecule has 0 spiro atoms. The van der Waals surface area contributed by atoms with Crippen LogP contribution in [0.3, 0.4) is 0 Å². The molecule has 0 bridgehead atoms. The third-order valence-electron chi connectivity index (χ3n) is 1.50. The lowest BCUT2D eigenvalue weighted by atomic mass is 10.2. The number of rotatable bonds is 2. The van der Waals surface area contributed by atoms with Gasteiger partial charge in [0.25, 0.3) is 0 Å². The average Bonchev–Trinajstić information content (AvgIpc) is 2.04. The maximum absolute atomic E-state index is 3.36. The predicted molar refractivity (Wildman–Crippen MR) is 64.0 cm³/mol. The molecule has 0 amide bonds. The van der Waals surface area contributed by atoms with Crippen LogP contribution in [0, 0.1) is 0 Å². The van der Waals surface area contributed by atoms with Gasteiger partial charge in [0.2, 0.25) is 0 Å². The first-order valence-corrected chi connectivity index (χ1v) is 4.91. The molecular formula is C13H22ClN. The predicted octanol–water partition coefficient (Wildman–Crippen LogP) is 0.0891. The molecule has 0 aliphatic carbocycles. The Kier molecular flexibility index (Phi) is 9.44. The van der Waals surface area contributed by atoms with Gasteiger partial charge in [-0.2, -0.15) is 0 Å². The van der Waals surface area contributed by atoms with Gasteiger partial charge in [0.05, 0.1) is 21.1 Å². The van der Waals surface area contributed by atoms with Crippen molar-refractivity contribution in [1.82, 2.24) is 0 Å². The molecule has 1 rings (SSSR count). The van der Waals surface area contributed by atoms with Gasteiger partial charge >= 0.3 is 0 Å². The maximum Gasteiger partial charge on any atom is 0.104 e. The van der Waals surface area contributed by atoms with Crippen LogP contribution >= 0.6 is 0 Å². The molecule has 0 saturated carbocycles. The molecule has 0 atom stereocenters. The van der Waals surface area contributed by atoms with Crippen LogP contribution in [0.1, 0.15) is 12.5 Å². The molecule has 0 aliphatic heterocycles. The van der Waals surface area contributed by atoms with Crippen LogP contribution in [0.2, 0.25) is 0 Å². The fourth-order valence-corrected chi connectivity index (χ4v) is 1.13. The SMILES string of the molecule is C=CC.C[N+](C)(C)Cc1ccccc1.[Cl-]. The molecule has 86 valence electrons. The summed E-state index contributed by atoms with van der Waals surface area (Å²) >= 11 is 0. The van der Waals surface area contributed by atoms with E-state index in [1.165, 1.54) is 5.56 Å². The molecule has 1 aromatic rings. The average molecular weight is 228 g/mol. The van der Waals surface area contributed by atoms with E-state index < -0.39 is 0 Å². The van der Waals surface area contributed by atoms with Gasteiger partial charge in [0.1, 0.15) is 6.54 Å². The summed E-state index contributed by atoms with van der Waals surface area (Å²) in [5.74, 6) is 0. The Morgan fingerprint density at radius 2 is 1.53 bits per heavy atom. The van der Waals surface area contributed by atoms with Crippen molar-refractivity contribution in [2.45, 2.75) is 13.5 Å². The molecule has 1 aromatic carbocycles. The van der Waals surface area contributed by atoms with Gasteiger partial charge in [-0.05, 0) is 6.92 Å². The first-order chi connectivity index (χ1) is 6.49. The summed E-state index contributed by atoms with van der Waals surface area (Å²) in [6.45, 7) is 6.35. The van der Waals surface area contributed by atoms with Gasteiger partial charge < -0.3 is 16.9 Å². The minimum absolute atomic E-state index is 0. The van der Waals surface area contributed by atoms with E-state index in [0.29, 0.717) is 0 Å².